The first kappa shape index (κ1) is 13.7. The number of aliphatic hydroxyl groups excluding tert-OH is 1. The lowest BCUT2D eigenvalue weighted by Crippen LogP contribution is -2.28. The smallest absolute Gasteiger partial charge is 0.143 e. The minimum Gasteiger partial charge on any atom is -0.488 e. The first-order chi connectivity index (χ1) is 8.60. The molecule has 100 valence electrons. The molecule has 2 atom stereocenters. The molecule has 0 amide bonds. The van der Waals surface area contributed by atoms with Gasteiger partial charge < -0.3 is 9.84 Å². The van der Waals surface area contributed by atoms with E-state index in [1.807, 2.05) is 18.2 Å². The summed E-state index contributed by atoms with van der Waals surface area (Å²) >= 11 is 6.16. The number of para-hydroxylation sites is 1. The van der Waals surface area contributed by atoms with E-state index < -0.39 is 0 Å². The molecular weight excluding hydrogens is 248 g/mol. The summed E-state index contributed by atoms with van der Waals surface area (Å²) in [7, 11) is 0. The highest BCUT2D eigenvalue weighted by atomic mass is 35.5. The summed E-state index contributed by atoms with van der Waals surface area (Å²) in [5.74, 6) is 2.05. The van der Waals surface area contributed by atoms with Crippen molar-refractivity contribution in [1.82, 2.24) is 0 Å². The minimum atomic E-state index is -0.0340. The van der Waals surface area contributed by atoms with E-state index in [9.17, 15) is 5.11 Å². The highest BCUT2D eigenvalue weighted by molar-refractivity contribution is 6.32. The molecule has 0 radical (unpaired) electrons. The molecule has 1 aromatic rings. The summed E-state index contributed by atoms with van der Waals surface area (Å²) in [6.07, 6.45) is 3.63. The maximum Gasteiger partial charge on any atom is 0.143 e. The van der Waals surface area contributed by atoms with Gasteiger partial charge in [0.2, 0.25) is 0 Å². The fourth-order valence-electron chi connectivity index (χ4n) is 2.95. The molecule has 2 nitrogen and oxygen atoms in total. The van der Waals surface area contributed by atoms with Gasteiger partial charge in [-0.25, -0.2) is 0 Å². The molecule has 1 saturated carbocycles. The fourth-order valence-corrected chi connectivity index (χ4v) is 3.18. The molecule has 2 unspecified atom stereocenters. The summed E-state index contributed by atoms with van der Waals surface area (Å²) in [5.41, 5.74) is 0.772. The average molecular weight is 269 g/mol. The molecule has 18 heavy (non-hydrogen) atoms. The average Bonchev–Trinajstić information content (AvgIpc) is 2.30. The minimum absolute atomic E-state index is 0.0340. The predicted molar refractivity (Wildman–Crippen MR) is 74.0 cm³/mol. The quantitative estimate of drug-likeness (QED) is 0.897. The Morgan fingerprint density at radius 3 is 2.50 bits per heavy atom. The molecule has 0 aromatic heterocycles. The summed E-state index contributed by atoms with van der Waals surface area (Å²) < 4.78 is 6.06. The number of hydrogen-bond donors (Lipinski definition) is 1. The van der Waals surface area contributed by atoms with Crippen LogP contribution in [0.3, 0.4) is 0 Å². The third kappa shape index (κ3) is 3.18. The van der Waals surface area contributed by atoms with Gasteiger partial charge in [0.15, 0.2) is 0 Å². The lowest BCUT2D eigenvalue weighted by atomic mass is 9.82. The van der Waals surface area contributed by atoms with E-state index in [-0.39, 0.29) is 12.7 Å². The van der Waals surface area contributed by atoms with Crippen LogP contribution < -0.4 is 4.74 Å². The van der Waals surface area contributed by atoms with Crippen LogP contribution in [0, 0.1) is 11.8 Å². The second kappa shape index (κ2) is 5.94. The van der Waals surface area contributed by atoms with Crippen molar-refractivity contribution >= 4 is 11.6 Å². The lowest BCUT2D eigenvalue weighted by Gasteiger charge is -2.32. The first-order valence-corrected chi connectivity index (χ1v) is 7.02. The summed E-state index contributed by atoms with van der Waals surface area (Å²) in [6, 6.07) is 5.51. The molecule has 0 spiro atoms. The van der Waals surface area contributed by atoms with Crippen molar-refractivity contribution in [2.75, 3.05) is 0 Å². The molecule has 1 aliphatic carbocycles. The Labute approximate surface area is 114 Å². The van der Waals surface area contributed by atoms with Crippen LogP contribution in [0.25, 0.3) is 0 Å². The van der Waals surface area contributed by atoms with E-state index in [4.69, 9.17) is 16.3 Å². The van der Waals surface area contributed by atoms with Gasteiger partial charge in [0.05, 0.1) is 17.7 Å². The maximum absolute atomic E-state index is 9.34. The van der Waals surface area contributed by atoms with Crippen LogP contribution in [0.15, 0.2) is 18.2 Å². The van der Waals surface area contributed by atoms with Gasteiger partial charge in [0, 0.05) is 5.56 Å². The van der Waals surface area contributed by atoms with Crippen LogP contribution in [0.4, 0.5) is 0 Å². The van der Waals surface area contributed by atoms with Gasteiger partial charge in [-0.3, -0.25) is 0 Å². The van der Waals surface area contributed by atoms with Gasteiger partial charge in [-0.1, -0.05) is 37.6 Å². The molecule has 0 heterocycles. The van der Waals surface area contributed by atoms with E-state index in [2.05, 4.69) is 13.8 Å². The number of aliphatic hydroxyl groups is 1. The molecule has 0 saturated heterocycles. The lowest BCUT2D eigenvalue weighted by molar-refractivity contribution is 0.0985. The second-order valence-corrected chi connectivity index (χ2v) is 5.95. The molecule has 1 aliphatic rings. The zero-order valence-corrected chi connectivity index (χ0v) is 11.8. The van der Waals surface area contributed by atoms with Gasteiger partial charge in [-0.2, -0.15) is 0 Å². The number of ether oxygens (including phenoxy) is 1. The molecular formula is C15H21ClO2. The van der Waals surface area contributed by atoms with Gasteiger partial charge >= 0.3 is 0 Å². The van der Waals surface area contributed by atoms with E-state index >= 15 is 0 Å². The van der Waals surface area contributed by atoms with E-state index in [1.165, 1.54) is 6.42 Å². The van der Waals surface area contributed by atoms with Crippen molar-refractivity contribution in [3.8, 4) is 5.75 Å². The Bertz CT molecular complexity index is 395. The SMILES string of the molecule is CC1CC(C)CC(Oc2c(Cl)cccc2CO)C1. The predicted octanol–water partition coefficient (Wildman–Crippen LogP) is 4.04. The normalized spacial score (nSPS) is 28.1. The van der Waals surface area contributed by atoms with E-state index in [0.717, 1.165) is 18.4 Å². The molecule has 0 bridgehead atoms. The number of hydrogen-bond acceptors (Lipinski definition) is 2. The summed E-state index contributed by atoms with van der Waals surface area (Å²) in [4.78, 5) is 0. The van der Waals surface area contributed by atoms with Crippen LogP contribution in [-0.4, -0.2) is 11.2 Å². The second-order valence-electron chi connectivity index (χ2n) is 5.54. The maximum atomic E-state index is 9.34. The summed E-state index contributed by atoms with van der Waals surface area (Å²) in [5, 5.41) is 9.93. The third-order valence-corrected chi connectivity index (χ3v) is 3.94. The zero-order valence-electron chi connectivity index (χ0n) is 11.0. The molecule has 1 N–H and O–H groups in total. The Balaban J connectivity index is 2.13. The molecule has 3 heteroatoms. The topological polar surface area (TPSA) is 29.5 Å². The first-order valence-electron chi connectivity index (χ1n) is 6.65. The van der Waals surface area contributed by atoms with Crippen molar-refractivity contribution < 1.29 is 9.84 Å². The van der Waals surface area contributed by atoms with E-state index in [1.54, 1.807) is 0 Å². The molecule has 1 aromatic carbocycles. The van der Waals surface area contributed by atoms with Crippen molar-refractivity contribution in [2.45, 2.75) is 45.8 Å². The molecule has 0 aliphatic heterocycles. The Morgan fingerprint density at radius 2 is 1.89 bits per heavy atom. The van der Waals surface area contributed by atoms with Gasteiger partial charge in [0.1, 0.15) is 5.75 Å². The summed E-state index contributed by atoms with van der Waals surface area (Å²) in [6.45, 7) is 4.50. The van der Waals surface area contributed by atoms with Crippen molar-refractivity contribution in [3.63, 3.8) is 0 Å². The van der Waals surface area contributed by atoms with Crippen molar-refractivity contribution in [3.05, 3.63) is 28.8 Å². The van der Waals surface area contributed by atoms with Crippen LogP contribution in [0.1, 0.15) is 38.7 Å². The highest BCUT2D eigenvalue weighted by Crippen LogP contribution is 2.35. The van der Waals surface area contributed by atoms with E-state index in [0.29, 0.717) is 22.6 Å². The van der Waals surface area contributed by atoms with Gasteiger partial charge in [0.25, 0.3) is 0 Å². The number of rotatable bonds is 3. The molecule has 2 rings (SSSR count). The number of halogens is 1. The van der Waals surface area contributed by atoms with Crippen molar-refractivity contribution in [1.29, 1.82) is 0 Å². The number of benzene rings is 1. The molecule has 1 fully saturated rings. The monoisotopic (exact) mass is 268 g/mol. The van der Waals surface area contributed by atoms with Crippen LogP contribution >= 0.6 is 11.6 Å². The van der Waals surface area contributed by atoms with Crippen LogP contribution in [-0.2, 0) is 6.61 Å². The van der Waals surface area contributed by atoms with Gasteiger partial charge in [-0.15, -0.1) is 0 Å². The Morgan fingerprint density at radius 1 is 1.22 bits per heavy atom. The fraction of sp³-hybridized carbons (Fsp3) is 0.600. The Kier molecular flexibility index (Phi) is 4.52. The highest BCUT2D eigenvalue weighted by Gasteiger charge is 2.26. The van der Waals surface area contributed by atoms with Crippen LogP contribution in [0.2, 0.25) is 5.02 Å². The zero-order chi connectivity index (χ0) is 13.1. The van der Waals surface area contributed by atoms with Crippen molar-refractivity contribution in [2.24, 2.45) is 11.8 Å². The largest absolute Gasteiger partial charge is 0.488 e. The Hall–Kier alpha value is -0.730. The van der Waals surface area contributed by atoms with Gasteiger partial charge in [-0.05, 0) is 37.2 Å². The van der Waals surface area contributed by atoms with Crippen LogP contribution in [0.5, 0.6) is 5.75 Å². The third-order valence-electron chi connectivity index (χ3n) is 3.64. The standard InChI is InChI=1S/C15H21ClO2/c1-10-6-11(2)8-13(7-10)18-15-12(9-17)4-3-5-14(15)16/h3-5,10-11,13,17H,6-9H2,1-2H3.